The molecule has 5 heteroatoms. The van der Waals surface area contributed by atoms with Crippen LogP contribution < -0.4 is 0 Å². The number of benzene rings is 1. The molecule has 0 unspecified atom stereocenters. The van der Waals surface area contributed by atoms with Crippen molar-refractivity contribution >= 4 is 23.2 Å². The number of aryl methyl sites for hydroxylation is 1. The molecule has 2 aliphatic rings. The first-order valence-electron chi connectivity index (χ1n) is 10.7. The minimum atomic E-state index is -0.0847. The van der Waals surface area contributed by atoms with Crippen molar-refractivity contribution in [2.45, 2.75) is 46.1 Å². The largest absolute Gasteiger partial charge is 0.333 e. The molecule has 2 heterocycles. The van der Waals surface area contributed by atoms with Gasteiger partial charge in [-0.15, -0.1) is 11.3 Å². The molecule has 4 rings (SSSR count). The molecule has 1 saturated carbocycles. The first kappa shape index (κ1) is 20.1. The molecule has 154 valence electrons. The van der Waals surface area contributed by atoms with Gasteiger partial charge in [-0.05, 0) is 60.2 Å². The zero-order chi connectivity index (χ0) is 20.5. The van der Waals surface area contributed by atoms with E-state index in [0.717, 1.165) is 13.0 Å². The Kier molecular flexibility index (Phi) is 5.77. The number of carbonyl (C=O) groups is 2. The highest BCUT2D eigenvalue weighted by molar-refractivity contribution is 7.10. The third kappa shape index (κ3) is 4.25. The number of amides is 2. The van der Waals surface area contributed by atoms with E-state index in [1.54, 1.807) is 11.3 Å². The number of hydrogen-bond donors (Lipinski definition) is 0. The Hall–Kier alpha value is -2.14. The minimum absolute atomic E-state index is 0.0596. The average molecular weight is 411 g/mol. The Morgan fingerprint density at radius 1 is 1.17 bits per heavy atom. The lowest BCUT2D eigenvalue weighted by molar-refractivity contribution is -0.143. The van der Waals surface area contributed by atoms with Crippen LogP contribution in [0.4, 0.5) is 0 Å². The fourth-order valence-electron chi connectivity index (χ4n) is 4.28. The molecule has 1 atom stereocenters. The molecule has 1 aliphatic heterocycles. The monoisotopic (exact) mass is 410 g/mol. The Balaban J connectivity index is 1.62. The van der Waals surface area contributed by atoms with Crippen molar-refractivity contribution in [2.24, 2.45) is 11.8 Å². The second kappa shape index (κ2) is 8.31. The summed E-state index contributed by atoms with van der Waals surface area (Å²) >= 11 is 1.78. The summed E-state index contributed by atoms with van der Waals surface area (Å²) < 4.78 is 0. The Morgan fingerprint density at radius 2 is 1.93 bits per heavy atom. The van der Waals surface area contributed by atoms with E-state index in [1.165, 1.54) is 34.4 Å². The quantitative estimate of drug-likeness (QED) is 0.707. The van der Waals surface area contributed by atoms with Gasteiger partial charge in [0.25, 0.3) is 0 Å². The maximum Gasteiger partial charge on any atom is 0.242 e. The standard InChI is InChI=1S/C24H30N2O2S/c1-16(2)24(28)25(14-18-8-9-18)15-22(27)26-12-10-21-20(11-13-29-21)23(26)19-7-5-4-6-17(19)3/h4-7,11,13,16,18,23H,8-10,12,14-15H2,1-3H3/t23-/m1/s1. The predicted octanol–water partition coefficient (Wildman–Crippen LogP) is 4.43. The van der Waals surface area contributed by atoms with Crippen molar-refractivity contribution in [2.75, 3.05) is 19.6 Å². The van der Waals surface area contributed by atoms with Crippen molar-refractivity contribution in [3.8, 4) is 0 Å². The summed E-state index contributed by atoms with van der Waals surface area (Å²) in [6, 6.07) is 10.4. The summed E-state index contributed by atoms with van der Waals surface area (Å²) in [7, 11) is 0. The van der Waals surface area contributed by atoms with Gasteiger partial charge in [0.15, 0.2) is 0 Å². The van der Waals surface area contributed by atoms with E-state index < -0.39 is 0 Å². The van der Waals surface area contributed by atoms with Gasteiger partial charge in [-0.1, -0.05) is 38.1 Å². The van der Waals surface area contributed by atoms with Gasteiger partial charge in [-0.3, -0.25) is 9.59 Å². The maximum atomic E-state index is 13.5. The molecule has 0 saturated heterocycles. The van der Waals surface area contributed by atoms with E-state index >= 15 is 0 Å². The highest BCUT2D eigenvalue weighted by atomic mass is 32.1. The Bertz CT molecular complexity index is 900. The summed E-state index contributed by atoms with van der Waals surface area (Å²) in [5, 5.41) is 2.13. The van der Waals surface area contributed by atoms with Gasteiger partial charge >= 0.3 is 0 Å². The zero-order valence-electron chi connectivity index (χ0n) is 17.6. The molecule has 0 N–H and O–H groups in total. The van der Waals surface area contributed by atoms with E-state index in [2.05, 4.69) is 30.5 Å². The fourth-order valence-corrected chi connectivity index (χ4v) is 5.18. The van der Waals surface area contributed by atoms with Gasteiger partial charge in [0, 0.05) is 23.9 Å². The van der Waals surface area contributed by atoms with Crippen LogP contribution in [-0.2, 0) is 16.0 Å². The van der Waals surface area contributed by atoms with Crippen LogP contribution in [0.5, 0.6) is 0 Å². The molecule has 0 bridgehead atoms. The van der Waals surface area contributed by atoms with Crippen molar-refractivity contribution in [3.05, 3.63) is 57.3 Å². The van der Waals surface area contributed by atoms with Crippen LogP contribution in [0.1, 0.15) is 54.3 Å². The number of hydrogen-bond acceptors (Lipinski definition) is 3. The summed E-state index contributed by atoms with van der Waals surface area (Å²) in [4.78, 5) is 31.4. The van der Waals surface area contributed by atoms with Crippen molar-refractivity contribution < 1.29 is 9.59 Å². The van der Waals surface area contributed by atoms with Gasteiger partial charge in [0.1, 0.15) is 0 Å². The molecular weight excluding hydrogens is 380 g/mol. The molecule has 0 radical (unpaired) electrons. The zero-order valence-corrected chi connectivity index (χ0v) is 18.4. The molecule has 29 heavy (non-hydrogen) atoms. The fraction of sp³-hybridized carbons (Fsp3) is 0.500. The third-order valence-electron chi connectivity index (χ3n) is 6.08. The van der Waals surface area contributed by atoms with Crippen LogP contribution in [0.25, 0.3) is 0 Å². The van der Waals surface area contributed by atoms with Crippen LogP contribution in [0.3, 0.4) is 0 Å². The van der Waals surface area contributed by atoms with Gasteiger partial charge < -0.3 is 9.80 Å². The molecule has 1 aromatic carbocycles. The second-order valence-electron chi connectivity index (χ2n) is 8.71. The number of nitrogens with zero attached hydrogens (tertiary/aromatic N) is 2. The highest BCUT2D eigenvalue weighted by Crippen LogP contribution is 2.39. The van der Waals surface area contributed by atoms with Crippen LogP contribution in [0.15, 0.2) is 35.7 Å². The normalized spacial score (nSPS) is 18.6. The van der Waals surface area contributed by atoms with Crippen molar-refractivity contribution in [1.29, 1.82) is 0 Å². The molecule has 2 aromatic rings. The van der Waals surface area contributed by atoms with E-state index in [0.29, 0.717) is 12.5 Å². The number of fused-ring (bicyclic) bond motifs is 1. The first-order valence-corrected chi connectivity index (χ1v) is 11.5. The molecule has 4 nitrogen and oxygen atoms in total. The van der Waals surface area contributed by atoms with Crippen LogP contribution >= 0.6 is 11.3 Å². The molecule has 2 amide bonds. The smallest absolute Gasteiger partial charge is 0.242 e. The Labute approximate surface area is 177 Å². The van der Waals surface area contributed by atoms with Gasteiger partial charge in [-0.25, -0.2) is 0 Å². The maximum absolute atomic E-state index is 13.5. The Morgan fingerprint density at radius 3 is 2.62 bits per heavy atom. The van der Waals surface area contributed by atoms with Crippen LogP contribution in [-0.4, -0.2) is 41.2 Å². The number of rotatable bonds is 6. The van der Waals surface area contributed by atoms with E-state index in [-0.39, 0.29) is 30.3 Å². The molecule has 1 aromatic heterocycles. The minimum Gasteiger partial charge on any atom is -0.333 e. The number of thiophene rings is 1. The lowest BCUT2D eigenvalue weighted by Gasteiger charge is -2.38. The summed E-state index contributed by atoms with van der Waals surface area (Å²) in [5.74, 6) is 0.636. The lowest BCUT2D eigenvalue weighted by Crippen LogP contribution is -2.48. The van der Waals surface area contributed by atoms with E-state index in [4.69, 9.17) is 0 Å². The molecule has 0 spiro atoms. The first-order chi connectivity index (χ1) is 14.0. The van der Waals surface area contributed by atoms with Gasteiger partial charge in [-0.2, -0.15) is 0 Å². The van der Waals surface area contributed by atoms with Crippen LogP contribution in [0, 0.1) is 18.8 Å². The van der Waals surface area contributed by atoms with E-state index in [1.807, 2.05) is 35.8 Å². The summed E-state index contributed by atoms with van der Waals surface area (Å²) in [6.07, 6.45) is 3.23. The summed E-state index contributed by atoms with van der Waals surface area (Å²) in [6.45, 7) is 7.56. The summed E-state index contributed by atoms with van der Waals surface area (Å²) in [5.41, 5.74) is 3.62. The van der Waals surface area contributed by atoms with E-state index in [9.17, 15) is 9.59 Å². The SMILES string of the molecule is Cc1ccccc1[C@@H]1c2ccsc2CCN1C(=O)CN(CC1CC1)C(=O)C(C)C. The van der Waals surface area contributed by atoms with Crippen molar-refractivity contribution in [1.82, 2.24) is 9.80 Å². The molecule has 1 fully saturated rings. The second-order valence-corrected chi connectivity index (χ2v) is 9.71. The van der Waals surface area contributed by atoms with Gasteiger partial charge in [0.05, 0.1) is 12.6 Å². The lowest BCUT2D eigenvalue weighted by atomic mass is 9.90. The molecular formula is C24H30N2O2S. The molecule has 1 aliphatic carbocycles. The highest BCUT2D eigenvalue weighted by Gasteiger charge is 2.36. The van der Waals surface area contributed by atoms with Gasteiger partial charge in [0.2, 0.25) is 11.8 Å². The third-order valence-corrected chi connectivity index (χ3v) is 7.07. The van der Waals surface area contributed by atoms with Crippen molar-refractivity contribution in [3.63, 3.8) is 0 Å². The average Bonchev–Trinajstić information content (AvgIpc) is 3.39. The predicted molar refractivity (Wildman–Crippen MR) is 117 cm³/mol. The topological polar surface area (TPSA) is 40.6 Å². The number of carbonyl (C=O) groups excluding carboxylic acids is 2. The van der Waals surface area contributed by atoms with Crippen LogP contribution in [0.2, 0.25) is 0 Å².